The van der Waals surface area contributed by atoms with E-state index in [0.29, 0.717) is 13.0 Å². The molecule has 1 heterocycles. The van der Waals surface area contributed by atoms with Gasteiger partial charge in [0.25, 0.3) is 0 Å². The van der Waals surface area contributed by atoms with Gasteiger partial charge in [0, 0.05) is 24.5 Å². The maximum absolute atomic E-state index is 12.0. The molecule has 1 aliphatic heterocycles. The maximum Gasteiger partial charge on any atom is 0.227 e. The lowest BCUT2D eigenvalue weighted by Crippen LogP contribution is -2.56. The van der Waals surface area contributed by atoms with Crippen LogP contribution in [0.3, 0.4) is 0 Å². The number of amides is 2. The largest absolute Gasteiger partial charge is 0.354 e. The van der Waals surface area contributed by atoms with Crippen LogP contribution < -0.4 is 16.4 Å². The molecule has 1 atom stereocenters. The molecule has 5 nitrogen and oxygen atoms in total. The van der Waals surface area contributed by atoms with Crippen molar-refractivity contribution in [1.29, 1.82) is 0 Å². The molecule has 0 aromatic rings. The Morgan fingerprint density at radius 3 is 2.47 bits per heavy atom. The van der Waals surface area contributed by atoms with Gasteiger partial charge in [0.2, 0.25) is 11.8 Å². The third-order valence-electron chi connectivity index (χ3n) is 3.77. The normalized spacial score (nSPS) is 21.2. The minimum absolute atomic E-state index is 0.0580. The van der Waals surface area contributed by atoms with Crippen molar-refractivity contribution in [3.05, 3.63) is 0 Å². The molecule has 4 N–H and O–H groups in total. The highest BCUT2D eigenvalue weighted by molar-refractivity contribution is 5.83. The van der Waals surface area contributed by atoms with Crippen LogP contribution in [-0.2, 0) is 9.59 Å². The molecule has 1 saturated heterocycles. The SMILES string of the molecule is CC(C)(N)C(C)(C)C(=O)NCC1CCC(=O)N1. The first-order chi connectivity index (χ1) is 7.64. The molecule has 98 valence electrons. The summed E-state index contributed by atoms with van der Waals surface area (Å²) in [5.41, 5.74) is 4.76. The number of hydrogen-bond donors (Lipinski definition) is 3. The second-order valence-corrected chi connectivity index (χ2v) is 5.86. The fourth-order valence-corrected chi connectivity index (χ4v) is 1.56. The summed E-state index contributed by atoms with van der Waals surface area (Å²) in [6.07, 6.45) is 1.33. The molecular formula is C12H23N3O2. The van der Waals surface area contributed by atoms with Gasteiger partial charge in [0.1, 0.15) is 0 Å². The maximum atomic E-state index is 12.0. The van der Waals surface area contributed by atoms with Crippen LogP contribution in [0.5, 0.6) is 0 Å². The number of hydrogen-bond acceptors (Lipinski definition) is 3. The second-order valence-electron chi connectivity index (χ2n) is 5.86. The minimum atomic E-state index is -0.643. The number of carbonyl (C=O) groups excluding carboxylic acids is 2. The minimum Gasteiger partial charge on any atom is -0.354 e. The molecule has 5 heteroatoms. The van der Waals surface area contributed by atoms with Crippen molar-refractivity contribution < 1.29 is 9.59 Å². The Balaban J connectivity index is 2.47. The van der Waals surface area contributed by atoms with E-state index >= 15 is 0 Å². The fraction of sp³-hybridized carbons (Fsp3) is 0.833. The van der Waals surface area contributed by atoms with Gasteiger partial charge in [-0.1, -0.05) is 0 Å². The van der Waals surface area contributed by atoms with E-state index in [1.54, 1.807) is 0 Å². The van der Waals surface area contributed by atoms with Crippen molar-refractivity contribution in [2.75, 3.05) is 6.54 Å². The first-order valence-corrected chi connectivity index (χ1v) is 6.01. The molecule has 1 unspecified atom stereocenters. The lowest BCUT2D eigenvalue weighted by Gasteiger charge is -2.37. The highest BCUT2D eigenvalue weighted by Crippen LogP contribution is 2.28. The molecular weight excluding hydrogens is 218 g/mol. The average molecular weight is 241 g/mol. The van der Waals surface area contributed by atoms with Crippen molar-refractivity contribution in [2.24, 2.45) is 11.1 Å². The van der Waals surface area contributed by atoms with E-state index in [4.69, 9.17) is 5.73 Å². The van der Waals surface area contributed by atoms with E-state index in [0.717, 1.165) is 6.42 Å². The van der Waals surface area contributed by atoms with Crippen LogP contribution in [-0.4, -0.2) is 29.9 Å². The summed E-state index contributed by atoms with van der Waals surface area (Å²) in [6, 6.07) is 0.0585. The Morgan fingerprint density at radius 2 is 2.06 bits per heavy atom. The number of nitrogens with two attached hydrogens (primary N) is 1. The average Bonchev–Trinajstić information content (AvgIpc) is 2.58. The van der Waals surface area contributed by atoms with Crippen LogP contribution >= 0.6 is 0 Å². The van der Waals surface area contributed by atoms with Crippen LogP contribution in [0.2, 0.25) is 0 Å². The van der Waals surface area contributed by atoms with Gasteiger partial charge in [-0.15, -0.1) is 0 Å². The van der Waals surface area contributed by atoms with Gasteiger partial charge in [-0.3, -0.25) is 9.59 Å². The van der Waals surface area contributed by atoms with Crippen LogP contribution in [0.1, 0.15) is 40.5 Å². The highest BCUT2D eigenvalue weighted by atomic mass is 16.2. The van der Waals surface area contributed by atoms with E-state index < -0.39 is 11.0 Å². The standard InChI is InChI=1S/C12H23N3O2/c1-11(2,12(3,4)13)10(17)14-7-8-5-6-9(16)15-8/h8H,5-7,13H2,1-4H3,(H,14,17)(H,15,16). The van der Waals surface area contributed by atoms with Crippen molar-refractivity contribution >= 4 is 11.8 Å². The predicted molar refractivity (Wildman–Crippen MR) is 66.2 cm³/mol. The lowest BCUT2D eigenvalue weighted by molar-refractivity contribution is -0.132. The quantitative estimate of drug-likeness (QED) is 0.655. The molecule has 1 rings (SSSR count). The van der Waals surface area contributed by atoms with E-state index in [-0.39, 0.29) is 17.9 Å². The van der Waals surface area contributed by atoms with E-state index in [1.807, 2.05) is 27.7 Å². The fourth-order valence-electron chi connectivity index (χ4n) is 1.56. The summed E-state index contributed by atoms with van der Waals surface area (Å²) < 4.78 is 0. The number of nitrogens with one attached hydrogen (secondary N) is 2. The first-order valence-electron chi connectivity index (χ1n) is 6.01. The van der Waals surface area contributed by atoms with Gasteiger partial charge >= 0.3 is 0 Å². The monoisotopic (exact) mass is 241 g/mol. The third kappa shape index (κ3) is 3.19. The Labute approximate surface area is 103 Å². The molecule has 0 aliphatic carbocycles. The van der Waals surface area contributed by atoms with Crippen molar-refractivity contribution in [3.8, 4) is 0 Å². The zero-order valence-corrected chi connectivity index (χ0v) is 11.1. The Kier molecular flexibility index (Phi) is 3.81. The Morgan fingerprint density at radius 1 is 1.47 bits per heavy atom. The molecule has 1 fully saturated rings. The second kappa shape index (κ2) is 4.64. The van der Waals surface area contributed by atoms with Gasteiger partial charge in [-0.05, 0) is 34.1 Å². The Hall–Kier alpha value is -1.10. The van der Waals surface area contributed by atoms with E-state index in [2.05, 4.69) is 10.6 Å². The van der Waals surface area contributed by atoms with Crippen molar-refractivity contribution in [3.63, 3.8) is 0 Å². The van der Waals surface area contributed by atoms with Crippen molar-refractivity contribution in [2.45, 2.75) is 52.1 Å². The smallest absolute Gasteiger partial charge is 0.227 e. The molecule has 17 heavy (non-hydrogen) atoms. The molecule has 0 aromatic carbocycles. The summed E-state index contributed by atoms with van der Waals surface area (Å²) in [6.45, 7) is 7.81. The van der Waals surface area contributed by atoms with Crippen LogP contribution in [0.25, 0.3) is 0 Å². The predicted octanol–water partition coefficient (Wildman–Crippen LogP) is 0.145. The van der Waals surface area contributed by atoms with Crippen LogP contribution in [0.4, 0.5) is 0 Å². The van der Waals surface area contributed by atoms with E-state index in [1.165, 1.54) is 0 Å². The molecule has 0 bridgehead atoms. The highest BCUT2D eigenvalue weighted by Gasteiger charge is 2.40. The van der Waals surface area contributed by atoms with Gasteiger partial charge in [0.05, 0.1) is 5.41 Å². The zero-order chi connectivity index (χ0) is 13.3. The Bertz CT molecular complexity index is 318. The number of rotatable bonds is 4. The van der Waals surface area contributed by atoms with Gasteiger partial charge in [-0.25, -0.2) is 0 Å². The lowest BCUT2D eigenvalue weighted by atomic mass is 9.74. The van der Waals surface area contributed by atoms with Gasteiger partial charge in [0.15, 0.2) is 0 Å². The van der Waals surface area contributed by atoms with Gasteiger partial charge in [-0.2, -0.15) is 0 Å². The summed E-state index contributed by atoms with van der Waals surface area (Å²) in [7, 11) is 0. The molecule has 0 saturated carbocycles. The van der Waals surface area contributed by atoms with E-state index in [9.17, 15) is 9.59 Å². The van der Waals surface area contributed by atoms with Crippen molar-refractivity contribution in [1.82, 2.24) is 10.6 Å². The topological polar surface area (TPSA) is 84.2 Å². The summed E-state index contributed by atoms with van der Waals surface area (Å²) in [5.74, 6) is -0.0196. The zero-order valence-electron chi connectivity index (χ0n) is 11.1. The molecule has 2 amide bonds. The molecule has 0 aromatic heterocycles. The number of carbonyl (C=O) groups is 2. The first kappa shape index (κ1) is 14.0. The summed E-state index contributed by atoms with van der Waals surface area (Å²) in [5, 5.41) is 5.67. The van der Waals surface area contributed by atoms with Crippen LogP contribution in [0, 0.1) is 5.41 Å². The van der Waals surface area contributed by atoms with Crippen LogP contribution in [0.15, 0.2) is 0 Å². The van der Waals surface area contributed by atoms with Gasteiger partial charge < -0.3 is 16.4 Å². The summed E-state index contributed by atoms with van der Waals surface area (Å²) in [4.78, 5) is 23.1. The molecule has 0 spiro atoms. The summed E-state index contributed by atoms with van der Waals surface area (Å²) >= 11 is 0. The third-order valence-corrected chi connectivity index (χ3v) is 3.77. The molecule has 1 aliphatic rings. The molecule has 0 radical (unpaired) electrons.